The number of benzene rings is 1. The summed E-state index contributed by atoms with van der Waals surface area (Å²) in [7, 11) is 0. The average Bonchev–Trinajstić information content (AvgIpc) is 2.37. The lowest BCUT2D eigenvalue weighted by molar-refractivity contribution is 0.813. The Morgan fingerprint density at radius 3 is 2.67 bits per heavy atom. The number of thiol groups is 1. The van der Waals surface area contributed by atoms with E-state index in [1.165, 1.54) is 0 Å². The molecule has 0 radical (unpaired) electrons. The Bertz CT molecular complexity index is 505. The number of anilines is 2. The molecule has 0 aliphatic carbocycles. The molecule has 0 amide bonds. The van der Waals surface area contributed by atoms with Gasteiger partial charge in [-0.25, -0.2) is 0 Å². The first-order chi connectivity index (χ1) is 8.78. The molecule has 6 heteroatoms. The molecule has 0 atom stereocenters. The zero-order chi connectivity index (χ0) is 12.8. The van der Waals surface area contributed by atoms with Crippen LogP contribution in [-0.2, 0) is 0 Å². The van der Waals surface area contributed by atoms with Gasteiger partial charge in [0, 0.05) is 11.4 Å². The van der Waals surface area contributed by atoms with Crippen LogP contribution < -0.4 is 5.32 Å². The Morgan fingerprint density at radius 1 is 1.17 bits per heavy atom. The van der Waals surface area contributed by atoms with Gasteiger partial charge in [0.1, 0.15) is 0 Å². The Hall–Kier alpha value is -1.27. The number of hydrogen-bond acceptors (Lipinski definition) is 6. The summed E-state index contributed by atoms with van der Waals surface area (Å²) in [5.74, 6) is 1.52. The van der Waals surface area contributed by atoms with Crippen molar-refractivity contribution >= 4 is 36.0 Å². The number of para-hydroxylation sites is 1. The minimum Gasteiger partial charge on any atom is -0.324 e. The fraction of sp³-hybridized carbons (Fsp3) is 0.250. The van der Waals surface area contributed by atoms with Crippen molar-refractivity contribution in [3.05, 3.63) is 30.3 Å². The molecule has 18 heavy (non-hydrogen) atoms. The number of hydrogen-bond donors (Lipinski definition) is 2. The lowest BCUT2D eigenvalue weighted by Crippen LogP contribution is -2.01. The summed E-state index contributed by atoms with van der Waals surface area (Å²) in [4.78, 5) is 12.7. The van der Waals surface area contributed by atoms with Gasteiger partial charge in [0.05, 0.1) is 0 Å². The smallest absolute Gasteiger partial charge is 0.232 e. The molecule has 0 aliphatic heterocycles. The van der Waals surface area contributed by atoms with Crippen LogP contribution in [0.3, 0.4) is 0 Å². The minimum atomic E-state index is 0.432. The Labute approximate surface area is 116 Å². The van der Waals surface area contributed by atoms with Crippen LogP contribution in [0.4, 0.5) is 11.6 Å². The van der Waals surface area contributed by atoms with E-state index < -0.39 is 0 Å². The topological polar surface area (TPSA) is 50.7 Å². The first-order valence-corrected chi connectivity index (χ1v) is 7.11. The highest BCUT2D eigenvalue weighted by molar-refractivity contribution is 7.99. The molecule has 1 aromatic carbocycles. The maximum atomic E-state index is 4.35. The second-order valence-corrected chi connectivity index (χ2v) is 5.04. The molecule has 2 aromatic rings. The van der Waals surface area contributed by atoms with E-state index in [4.69, 9.17) is 0 Å². The molecule has 0 aliphatic rings. The zero-order valence-electron chi connectivity index (χ0n) is 10.00. The van der Waals surface area contributed by atoms with E-state index >= 15 is 0 Å². The van der Waals surface area contributed by atoms with Crippen molar-refractivity contribution in [1.82, 2.24) is 15.0 Å². The molecule has 0 spiro atoms. The van der Waals surface area contributed by atoms with Gasteiger partial charge in [0.15, 0.2) is 10.3 Å². The van der Waals surface area contributed by atoms with Crippen molar-refractivity contribution in [1.29, 1.82) is 0 Å². The van der Waals surface area contributed by atoms with E-state index in [0.717, 1.165) is 17.9 Å². The van der Waals surface area contributed by atoms with Crippen LogP contribution in [0.25, 0.3) is 0 Å². The Morgan fingerprint density at radius 2 is 1.94 bits per heavy atom. The van der Waals surface area contributed by atoms with Crippen LogP contribution >= 0.6 is 24.4 Å². The zero-order valence-corrected chi connectivity index (χ0v) is 11.7. The molecule has 0 fully saturated rings. The van der Waals surface area contributed by atoms with Crippen molar-refractivity contribution < 1.29 is 0 Å². The fourth-order valence-corrected chi connectivity index (χ4v) is 2.26. The third-order valence-corrected chi connectivity index (χ3v) is 3.32. The van der Waals surface area contributed by atoms with Gasteiger partial charge < -0.3 is 5.32 Å². The molecule has 0 saturated carbocycles. The monoisotopic (exact) mass is 278 g/mol. The lowest BCUT2D eigenvalue weighted by atomic mass is 10.3. The molecule has 1 heterocycles. The van der Waals surface area contributed by atoms with Gasteiger partial charge in [0.25, 0.3) is 0 Å². The van der Waals surface area contributed by atoms with E-state index in [0.29, 0.717) is 16.3 Å². The van der Waals surface area contributed by atoms with Crippen LogP contribution in [0.2, 0.25) is 0 Å². The van der Waals surface area contributed by atoms with Crippen LogP contribution in [0.15, 0.2) is 40.6 Å². The predicted molar refractivity (Wildman–Crippen MR) is 77.8 cm³/mol. The van der Waals surface area contributed by atoms with Crippen molar-refractivity contribution in [2.45, 2.75) is 23.7 Å². The Kier molecular flexibility index (Phi) is 4.83. The average molecular weight is 278 g/mol. The minimum absolute atomic E-state index is 0.432. The summed E-state index contributed by atoms with van der Waals surface area (Å²) in [5, 5.41) is 4.27. The molecule has 1 aromatic heterocycles. The molecule has 0 unspecified atom stereocenters. The van der Waals surface area contributed by atoms with Gasteiger partial charge >= 0.3 is 0 Å². The van der Waals surface area contributed by atoms with E-state index in [1.54, 1.807) is 11.8 Å². The van der Waals surface area contributed by atoms with Gasteiger partial charge in [-0.2, -0.15) is 15.0 Å². The van der Waals surface area contributed by atoms with Crippen molar-refractivity contribution in [2.75, 3.05) is 11.1 Å². The molecular formula is C12H14N4S2. The Balaban J connectivity index is 2.15. The number of thioether (sulfide) groups is 1. The summed E-state index contributed by atoms with van der Waals surface area (Å²) < 4.78 is 0. The van der Waals surface area contributed by atoms with Crippen LogP contribution in [0.5, 0.6) is 0 Å². The predicted octanol–water partition coefficient (Wildman–Crippen LogP) is 3.41. The first-order valence-electron chi connectivity index (χ1n) is 5.68. The van der Waals surface area contributed by atoms with Crippen molar-refractivity contribution in [2.24, 2.45) is 0 Å². The van der Waals surface area contributed by atoms with E-state index in [-0.39, 0.29) is 0 Å². The SMILES string of the molecule is CCCSc1nc(S)nc(Nc2ccccc2)n1. The molecule has 0 bridgehead atoms. The second kappa shape index (κ2) is 6.61. The molecule has 4 nitrogen and oxygen atoms in total. The number of nitrogens with zero attached hydrogens (tertiary/aromatic N) is 3. The summed E-state index contributed by atoms with van der Waals surface area (Å²) >= 11 is 5.80. The largest absolute Gasteiger partial charge is 0.324 e. The maximum Gasteiger partial charge on any atom is 0.232 e. The third-order valence-electron chi connectivity index (χ3n) is 2.07. The summed E-state index contributed by atoms with van der Waals surface area (Å²) in [6, 6.07) is 9.79. The molecule has 94 valence electrons. The van der Waals surface area contributed by atoms with Crippen LogP contribution in [0, 0.1) is 0 Å². The third kappa shape index (κ3) is 3.89. The lowest BCUT2D eigenvalue weighted by Gasteiger charge is -2.06. The highest BCUT2D eigenvalue weighted by atomic mass is 32.2. The molecule has 1 N–H and O–H groups in total. The highest BCUT2D eigenvalue weighted by Gasteiger charge is 2.04. The second-order valence-electron chi connectivity index (χ2n) is 3.58. The van der Waals surface area contributed by atoms with Crippen molar-refractivity contribution in [3.63, 3.8) is 0 Å². The summed E-state index contributed by atoms with van der Waals surface area (Å²) in [5.41, 5.74) is 0.947. The number of rotatable bonds is 5. The summed E-state index contributed by atoms with van der Waals surface area (Å²) in [6.07, 6.45) is 1.08. The van der Waals surface area contributed by atoms with Gasteiger partial charge in [-0.15, -0.1) is 12.6 Å². The standard InChI is InChI=1S/C12H14N4S2/c1-2-8-18-12-15-10(14-11(17)16-12)13-9-6-4-3-5-7-9/h3-7H,2,8H2,1H3,(H2,13,14,15,16,17). The maximum absolute atomic E-state index is 4.35. The van der Waals surface area contributed by atoms with Crippen LogP contribution in [-0.4, -0.2) is 20.7 Å². The fourth-order valence-electron chi connectivity index (χ4n) is 1.31. The van der Waals surface area contributed by atoms with Crippen molar-refractivity contribution in [3.8, 4) is 0 Å². The summed E-state index contributed by atoms with van der Waals surface area (Å²) in [6.45, 7) is 2.12. The van der Waals surface area contributed by atoms with Gasteiger partial charge in [-0.3, -0.25) is 0 Å². The van der Waals surface area contributed by atoms with Crippen LogP contribution in [0.1, 0.15) is 13.3 Å². The van der Waals surface area contributed by atoms with E-state index in [9.17, 15) is 0 Å². The normalized spacial score (nSPS) is 10.3. The first kappa shape index (κ1) is 13.2. The van der Waals surface area contributed by atoms with Gasteiger partial charge in [0.2, 0.25) is 5.95 Å². The quantitative estimate of drug-likeness (QED) is 0.648. The number of aromatic nitrogens is 3. The van der Waals surface area contributed by atoms with E-state index in [2.05, 4.69) is 39.8 Å². The number of nitrogens with one attached hydrogen (secondary N) is 1. The molecule has 0 saturated heterocycles. The highest BCUT2D eigenvalue weighted by Crippen LogP contribution is 2.18. The molecule has 2 rings (SSSR count). The van der Waals surface area contributed by atoms with Gasteiger partial charge in [-0.05, 0) is 18.6 Å². The van der Waals surface area contributed by atoms with E-state index in [1.807, 2.05) is 30.3 Å². The molecular weight excluding hydrogens is 264 g/mol. The van der Waals surface area contributed by atoms with Gasteiger partial charge in [-0.1, -0.05) is 36.9 Å².